The van der Waals surface area contributed by atoms with Crippen molar-refractivity contribution in [3.05, 3.63) is 47.3 Å². The zero-order chi connectivity index (χ0) is 18.4. The molecule has 1 atom stereocenters. The number of carbonyl (C=O) groups is 1. The molecule has 3 aromatic rings. The van der Waals surface area contributed by atoms with Gasteiger partial charge in [-0.2, -0.15) is 5.10 Å². The third-order valence-electron chi connectivity index (χ3n) is 5.30. The fourth-order valence-electron chi connectivity index (χ4n) is 4.01. The van der Waals surface area contributed by atoms with E-state index in [1.165, 1.54) is 0 Å². The highest BCUT2D eigenvalue weighted by atomic mass is 16.2. The maximum absolute atomic E-state index is 13.4. The van der Waals surface area contributed by atoms with Gasteiger partial charge in [-0.1, -0.05) is 6.07 Å². The molecule has 0 N–H and O–H groups in total. The molecule has 1 aromatic carbocycles. The highest BCUT2D eigenvalue weighted by molar-refractivity contribution is 6.08. The van der Waals surface area contributed by atoms with E-state index in [9.17, 15) is 4.79 Å². The molecule has 3 heterocycles. The average molecular weight is 348 g/mol. The molecule has 0 aliphatic carbocycles. The van der Waals surface area contributed by atoms with Crippen molar-refractivity contribution in [3.63, 3.8) is 0 Å². The first-order chi connectivity index (χ1) is 12.4. The molecule has 1 aliphatic heterocycles. The predicted molar refractivity (Wildman–Crippen MR) is 103 cm³/mol. The minimum Gasteiger partial charge on any atom is -0.336 e. The van der Waals surface area contributed by atoms with Crippen LogP contribution in [0, 0.1) is 13.8 Å². The van der Waals surface area contributed by atoms with E-state index >= 15 is 0 Å². The molecule has 5 heteroatoms. The number of pyridine rings is 1. The molecule has 4 rings (SSSR count). The van der Waals surface area contributed by atoms with E-state index in [-0.39, 0.29) is 5.91 Å². The second kappa shape index (κ2) is 6.24. The molecule has 1 saturated heterocycles. The molecule has 1 fully saturated rings. The van der Waals surface area contributed by atoms with E-state index in [0.717, 1.165) is 58.2 Å². The molecule has 134 valence electrons. The van der Waals surface area contributed by atoms with Gasteiger partial charge < -0.3 is 4.90 Å². The molecule has 5 nitrogen and oxygen atoms in total. The second-order valence-electron chi connectivity index (χ2n) is 7.42. The van der Waals surface area contributed by atoms with Crippen LogP contribution in [-0.4, -0.2) is 38.2 Å². The Kier molecular flexibility index (Phi) is 4.02. The highest BCUT2D eigenvalue weighted by Crippen LogP contribution is 2.30. The van der Waals surface area contributed by atoms with Crippen LogP contribution in [0.4, 0.5) is 0 Å². The third-order valence-corrected chi connectivity index (χ3v) is 5.30. The number of likely N-dealkylation sites (tertiary alicyclic amines) is 1. The van der Waals surface area contributed by atoms with Crippen molar-refractivity contribution in [3.8, 4) is 11.3 Å². The van der Waals surface area contributed by atoms with Gasteiger partial charge in [0.2, 0.25) is 0 Å². The van der Waals surface area contributed by atoms with Gasteiger partial charge in [-0.3, -0.25) is 9.48 Å². The fourth-order valence-corrected chi connectivity index (χ4v) is 4.01. The lowest BCUT2D eigenvalue weighted by molar-refractivity contribution is 0.0749. The normalized spacial score (nSPS) is 17.2. The zero-order valence-electron chi connectivity index (χ0n) is 15.8. The third kappa shape index (κ3) is 2.77. The summed E-state index contributed by atoms with van der Waals surface area (Å²) in [6.45, 7) is 7.09. The summed E-state index contributed by atoms with van der Waals surface area (Å²) in [7, 11) is 1.89. The van der Waals surface area contributed by atoms with Gasteiger partial charge in [0.15, 0.2) is 0 Å². The Hall–Kier alpha value is -2.69. The first-order valence-electron chi connectivity index (χ1n) is 9.16. The van der Waals surface area contributed by atoms with E-state index in [0.29, 0.717) is 6.04 Å². The maximum Gasteiger partial charge on any atom is 0.254 e. The van der Waals surface area contributed by atoms with Crippen LogP contribution >= 0.6 is 0 Å². The summed E-state index contributed by atoms with van der Waals surface area (Å²) in [5, 5.41) is 5.22. The van der Waals surface area contributed by atoms with Gasteiger partial charge in [-0.05, 0) is 56.9 Å². The van der Waals surface area contributed by atoms with Crippen LogP contribution in [0.15, 0.2) is 30.6 Å². The summed E-state index contributed by atoms with van der Waals surface area (Å²) < 4.78 is 1.76. The van der Waals surface area contributed by atoms with E-state index in [4.69, 9.17) is 4.98 Å². The number of nitrogens with zero attached hydrogens (tertiary/aromatic N) is 4. The Bertz CT molecular complexity index is 1000. The molecule has 0 unspecified atom stereocenters. The molecule has 1 amide bonds. The van der Waals surface area contributed by atoms with Crippen molar-refractivity contribution >= 4 is 16.8 Å². The summed E-state index contributed by atoms with van der Waals surface area (Å²) in [6.07, 6.45) is 5.87. The van der Waals surface area contributed by atoms with E-state index < -0.39 is 0 Å². The number of aromatic nitrogens is 3. The lowest BCUT2D eigenvalue weighted by atomic mass is 9.98. The molecule has 0 radical (unpaired) electrons. The number of carbonyl (C=O) groups excluding carboxylic acids is 1. The minimum atomic E-state index is 0.111. The number of amides is 1. The second-order valence-corrected chi connectivity index (χ2v) is 7.42. The van der Waals surface area contributed by atoms with Crippen LogP contribution in [0.5, 0.6) is 0 Å². The minimum absolute atomic E-state index is 0.111. The summed E-state index contributed by atoms with van der Waals surface area (Å²) in [5.74, 6) is 0.111. The van der Waals surface area contributed by atoms with Crippen molar-refractivity contribution in [1.82, 2.24) is 19.7 Å². The lowest BCUT2D eigenvalue weighted by Crippen LogP contribution is -2.33. The number of rotatable bonds is 2. The fraction of sp³-hybridized carbons (Fsp3) is 0.381. The summed E-state index contributed by atoms with van der Waals surface area (Å²) in [4.78, 5) is 20.2. The van der Waals surface area contributed by atoms with E-state index in [1.54, 1.807) is 10.9 Å². The van der Waals surface area contributed by atoms with E-state index in [1.807, 2.05) is 24.2 Å². The molecule has 26 heavy (non-hydrogen) atoms. The number of benzene rings is 1. The molecule has 0 saturated carbocycles. The Morgan fingerprint density at radius 3 is 2.69 bits per heavy atom. The van der Waals surface area contributed by atoms with Gasteiger partial charge in [-0.15, -0.1) is 0 Å². The van der Waals surface area contributed by atoms with Gasteiger partial charge in [0, 0.05) is 36.8 Å². The highest BCUT2D eigenvalue weighted by Gasteiger charge is 2.28. The lowest BCUT2D eigenvalue weighted by Gasteiger charge is -2.23. The summed E-state index contributed by atoms with van der Waals surface area (Å²) in [6, 6.07) is 6.41. The van der Waals surface area contributed by atoms with Crippen molar-refractivity contribution in [2.24, 2.45) is 7.05 Å². The predicted octanol–water partition coefficient (Wildman–Crippen LogP) is 3.88. The average Bonchev–Trinajstić information content (AvgIpc) is 3.21. The smallest absolute Gasteiger partial charge is 0.254 e. The van der Waals surface area contributed by atoms with Crippen LogP contribution in [0.25, 0.3) is 22.2 Å². The molecule has 1 aliphatic rings. The topological polar surface area (TPSA) is 51.0 Å². The van der Waals surface area contributed by atoms with Crippen LogP contribution in [0.2, 0.25) is 0 Å². The Morgan fingerprint density at radius 2 is 2.04 bits per heavy atom. The van der Waals surface area contributed by atoms with Gasteiger partial charge in [-0.25, -0.2) is 4.98 Å². The van der Waals surface area contributed by atoms with Crippen LogP contribution in [0.3, 0.4) is 0 Å². The number of fused-ring (bicyclic) bond motifs is 1. The molecule has 2 aromatic heterocycles. The SMILES string of the molecule is Cc1cc(C)c2c(C(=O)N3CCC[C@@H]3C)cc(-c3cnn(C)c3)nc2c1. The Morgan fingerprint density at radius 1 is 1.23 bits per heavy atom. The standard InChI is InChI=1S/C21H24N4O/c1-13-8-14(2)20-17(21(26)25-7-5-6-15(25)3)10-18(23-19(20)9-13)16-11-22-24(4)12-16/h8-12,15H,5-7H2,1-4H3/t15-/m0/s1. The van der Waals surface area contributed by atoms with Gasteiger partial charge in [0.25, 0.3) is 5.91 Å². The molecule has 0 bridgehead atoms. The van der Waals surface area contributed by atoms with Crippen LogP contribution < -0.4 is 0 Å². The van der Waals surface area contributed by atoms with Crippen molar-refractivity contribution in [2.45, 2.75) is 39.7 Å². The van der Waals surface area contributed by atoms with Crippen LogP contribution in [0.1, 0.15) is 41.3 Å². The number of hydrogen-bond donors (Lipinski definition) is 0. The molecular weight excluding hydrogens is 324 g/mol. The first kappa shape index (κ1) is 16.8. The van der Waals surface area contributed by atoms with Crippen molar-refractivity contribution in [2.75, 3.05) is 6.54 Å². The number of aryl methyl sites for hydroxylation is 3. The van der Waals surface area contributed by atoms with E-state index in [2.05, 4.69) is 38.0 Å². The maximum atomic E-state index is 13.4. The monoisotopic (exact) mass is 348 g/mol. The quantitative estimate of drug-likeness (QED) is 0.706. The van der Waals surface area contributed by atoms with Crippen LogP contribution in [-0.2, 0) is 7.05 Å². The summed E-state index contributed by atoms with van der Waals surface area (Å²) in [5.41, 5.74) is 5.60. The first-order valence-corrected chi connectivity index (χ1v) is 9.16. The molecule has 0 spiro atoms. The Labute approximate surface area is 153 Å². The number of hydrogen-bond acceptors (Lipinski definition) is 3. The zero-order valence-corrected chi connectivity index (χ0v) is 15.8. The summed E-state index contributed by atoms with van der Waals surface area (Å²) >= 11 is 0. The van der Waals surface area contributed by atoms with Crippen molar-refractivity contribution in [1.29, 1.82) is 0 Å². The largest absolute Gasteiger partial charge is 0.336 e. The van der Waals surface area contributed by atoms with Gasteiger partial charge in [0.1, 0.15) is 0 Å². The Balaban J connectivity index is 1.95. The molecular formula is C21H24N4O. The van der Waals surface area contributed by atoms with Gasteiger partial charge >= 0.3 is 0 Å². The van der Waals surface area contributed by atoms with Gasteiger partial charge in [0.05, 0.1) is 23.0 Å². The van der Waals surface area contributed by atoms with Crippen molar-refractivity contribution < 1.29 is 4.79 Å².